The molecule has 0 radical (unpaired) electrons. The van der Waals surface area contributed by atoms with Crippen LogP contribution < -0.4 is 5.73 Å². The van der Waals surface area contributed by atoms with Crippen molar-refractivity contribution in [3.63, 3.8) is 0 Å². The van der Waals surface area contributed by atoms with Gasteiger partial charge in [0.2, 0.25) is 11.7 Å². The van der Waals surface area contributed by atoms with Crippen molar-refractivity contribution in [2.45, 2.75) is 25.9 Å². The lowest BCUT2D eigenvalue weighted by Gasteiger charge is -2.41. The average Bonchev–Trinajstić information content (AvgIpc) is 2.90. The number of amides is 2. The van der Waals surface area contributed by atoms with E-state index >= 15 is 0 Å². The van der Waals surface area contributed by atoms with Gasteiger partial charge in [-0.05, 0) is 13.8 Å². The number of hydrogen-bond acceptors (Lipinski definition) is 5. The Bertz CT molecular complexity index is 458. The lowest BCUT2D eigenvalue weighted by Crippen LogP contribution is -2.61. The Morgan fingerprint density at radius 3 is 2.74 bits per heavy atom. The maximum atomic E-state index is 12.1. The summed E-state index contributed by atoms with van der Waals surface area (Å²) < 4.78 is 4.99. The Kier molecular flexibility index (Phi) is 3.84. The van der Waals surface area contributed by atoms with Crippen molar-refractivity contribution in [2.24, 2.45) is 5.73 Å². The Balaban J connectivity index is 2.11. The van der Waals surface area contributed by atoms with E-state index in [0.29, 0.717) is 13.1 Å². The maximum Gasteiger partial charge on any atom is 0.291 e. The summed E-state index contributed by atoms with van der Waals surface area (Å²) in [7, 11) is 0. The molecule has 1 atom stereocenters. The number of carbonyl (C=O) groups is 2. The quantitative estimate of drug-likeness (QED) is 0.810. The Morgan fingerprint density at radius 2 is 2.21 bits per heavy atom. The number of nitrogens with zero attached hydrogens (tertiary/aromatic N) is 3. The van der Waals surface area contributed by atoms with Gasteiger partial charge in [0.25, 0.3) is 5.91 Å². The molecular formula is C12H18N4O3. The molecule has 0 bridgehead atoms. The van der Waals surface area contributed by atoms with E-state index in [1.54, 1.807) is 4.90 Å². The van der Waals surface area contributed by atoms with E-state index in [2.05, 4.69) is 4.98 Å². The fourth-order valence-electron chi connectivity index (χ4n) is 2.33. The first-order valence-electron chi connectivity index (χ1n) is 6.23. The van der Waals surface area contributed by atoms with Gasteiger partial charge in [-0.1, -0.05) is 0 Å². The van der Waals surface area contributed by atoms with Crippen molar-refractivity contribution in [3.8, 4) is 0 Å². The second kappa shape index (κ2) is 5.40. The predicted octanol–water partition coefficient (Wildman–Crippen LogP) is -0.305. The molecule has 1 saturated heterocycles. The molecule has 1 aliphatic heterocycles. The van der Waals surface area contributed by atoms with Gasteiger partial charge in [0, 0.05) is 25.7 Å². The van der Waals surface area contributed by atoms with Crippen molar-refractivity contribution in [3.05, 3.63) is 18.4 Å². The van der Waals surface area contributed by atoms with E-state index in [1.807, 2.05) is 18.7 Å². The highest BCUT2D eigenvalue weighted by Crippen LogP contribution is 2.15. The zero-order valence-corrected chi connectivity index (χ0v) is 11.1. The number of piperazine rings is 1. The summed E-state index contributed by atoms with van der Waals surface area (Å²) in [5.41, 5.74) is 5.42. The molecule has 0 saturated carbocycles. The van der Waals surface area contributed by atoms with E-state index in [-0.39, 0.29) is 24.3 Å². The third-order valence-corrected chi connectivity index (χ3v) is 3.34. The van der Waals surface area contributed by atoms with Crippen molar-refractivity contribution < 1.29 is 14.0 Å². The van der Waals surface area contributed by atoms with E-state index in [9.17, 15) is 9.59 Å². The van der Waals surface area contributed by atoms with Crippen LogP contribution in [0.15, 0.2) is 17.0 Å². The summed E-state index contributed by atoms with van der Waals surface area (Å²) in [4.78, 5) is 31.0. The number of nitrogens with two attached hydrogens (primary N) is 1. The first-order chi connectivity index (χ1) is 9.00. The Labute approximate surface area is 111 Å². The van der Waals surface area contributed by atoms with Crippen LogP contribution in [0.25, 0.3) is 0 Å². The molecule has 2 amide bonds. The molecule has 2 N–H and O–H groups in total. The number of carbonyl (C=O) groups excluding carboxylic acids is 2. The summed E-state index contributed by atoms with van der Waals surface area (Å²) in [5.74, 6) is -0.489. The molecule has 0 aliphatic carbocycles. The third-order valence-electron chi connectivity index (χ3n) is 3.34. The van der Waals surface area contributed by atoms with Gasteiger partial charge in [-0.25, -0.2) is 4.98 Å². The van der Waals surface area contributed by atoms with Gasteiger partial charge in [-0.2, -0.15) is 0 Å². The normalized spacial score (nSPS) is 20.8. The molecule has 1 fully saturated rings. The Morgan fingerprint density at radius 1 is 1.47 bits per heavy atom. The number of aromatic nitrogens is 1. The second-order valence-electron chi connectivity index (χ2n) is 4.87. The van der Waals surface area contributed by atoms with Crippen LogP contribution >= 0.6 is 0 Å². The predicted molar refractivity (Wildman–Crippen MR) is 67.2 cm³/mol. The maximum absolute atomic E-state index is 12.1. The van der Waals surface area contributed by atoms with E-state index in [1.165, 1.54) is 12.6 Å². The van der Waals surface area contributed by atoms with Crippen LogP contribution in [-0.4, -0.2) is 58.3 Å². The minimum Gasteiger partial charge on any atom is -0.438 e. The lowest BCUT2D eigenvalue weighted by molar-refractivity contribution is -0.126. The summed E-state index contributed by atoms with van der Waals surface area (Å²) in [5, 5.41) is 0. The fraction of sp³-hybridized carbons (Fsp3) is 0.583. The van der Waals surface area contributed by atoms with E-state index < -0.39 is 11.9 Å². The highest BCUT2D eigenvalue weighted by Gasteiger charge is 2.35. The number of rotatable bonds is 3. The van der Waals surface area contributed by atoms with Crippen LogP contribution in [0.5, 0.6) is 0 Å². The van der Waals surface area contributed by atoms with Crippen molar-refractivity contribution in [2.75, 3.05) is 19.6 Å². The van der Waals surface area contributed by atoms with Crippen LogP contribution in [0.3, 0.4) is 0 Å². The molecule has 0 unspecified atom stereocenters. The lowest BCUT2D eigenvalue weighted by atomic mass is 10.1. The minimum atomic E-state index is -0.458. The van der Waals surface area contributed by atoms with Gasteiger partial charge < -0.3 is 15.1 Å². The van der Waals surface area contributed by atoms with Crippen molar-refractivity contribution in [1.82, 2.24) is 14.8 Å². The summed E-state index contributed by atoms with van der Waals surface area (Å²) >= 11 is 0. The molecule has 1 aromatic heterocycles. The van der Waals surface area contributed by atoms with Crippen LogP contribution in [-0.2, 0) is 4.79 Å². The summed E-state index contributed by atoms with van der Waals surface area (Å²) in [6.07, 6.45) is 2.58. The van der Waals surface area contributed by atoms with Crippen LogP contribution in [0.4, 0.5) is 0 Å². The van der Waals surface area contributed by atoms with Crippen molar-refractivity contribution in [1.29, 1.82) is 0 Å². The SMILES string of the molecule is CC(C)N1CCN(C(=O)c2cnco2)C[C@H]1C(N)=O. The fourth-order valence-corrected chi connectivity index (χ4v) is 2.33. The van der Waals surface area contributed by atoms with Gasteiger partial charge in [0.05, 0.1) is 6.20 Å². The molecule has 7 heteroatoms. The van der Waals surface area contributed by atoms with Gasteiger partial charge in [-0.15, -0.1) is 0 Å². The molecule has 7 nitrogen and oxygen atoms in total. The minimum absolute atomic E-state index is 0.182. The van der Waals surface area contributed by atoms with Gasteiger partial charge in [0.15, 0.2) is 6.39 Å². The molecule has 0 aromatic carbocycles. The van der Waals surface area contributed by atoms with E-state index in [4.69, 9.17) is 10.2 Å². The van der Waals surface area contributed by atoms with E-state index in [0.717, 1.165) is 0 Å². The summed E-state index contributed by atoms with van der Waals surface area (Å²) in [6.45, 7) is 5.45. The van der Waals surface area contributed by atoms with Gasteiger partial charge in [-0.3, -0.25) is 14.5 Å². The molecule has 2 rings (SSSR count). The zero-order chi connectivity index (χ0) is 14.0. The van der Waals surface area contributed by atoms with Gasteiger partial charge >= 0.3 is 0 Å². The average molecular weight is 266 g/mol. The monoisotopic (exact) mass is 266 g/mol. The molecule has 2 heterocycles. The number of hydrogen-bond donors (Lipinski definition) is 1. The number of primary amides is 1. The number of oxazole rings is 1. The molecule has 19 heavy (non-hydrogen) atoms. The van der Waals surface area contributed by atoms with Crippen LogP contribution in [0.1, 0.15) is 24.4 Å². The second-order valence-corrected chi connectivity index (χ2v) is 4.87. The summed E-state index contributed by atoms with van der Waals surface area (Å²) in [6, 6.07) is -0.249. The largest absolute Gasteiger partial charge is 0.438 e. The standard InChI is InChI=1S/C12H18N4O3/c1-8(2)16-4-3-15(6-9(16)11(13)17)12(18)10-5-14-7-19-10/h5,7-9H,3-4,6H2,1-2H3,(H2,13,17)/t9-/m0/s1. The first-order valence-corrected chi connectivity index (χ1v) is 6.23. The van der Waals surface area contributed by atoms with Crippen molar-refractivity contribution >= 4 is 11.8 Å². The topological polar surface area (TPSA) is 92.7 Å². The molecule has 1 aliphatic rings. The molecule has 0 spiro atoms. The van der Waals surface area contributed by atoms with Gasteiger partial charge in [0.1, 0.15) is 6.04 Å². The van der Waals surface area contributed by atoms with Crippen LogP contribution in [0, 0.1) is 0 Å². The molecular weight excluding hydrogens is 248 g/mol. The highest BCUT2D eigenvalue weighted by molar-refractivity contribution is 5.92. The first kappa shape index (κ1) is 13.5. The highest BCUT2D eigenvalue weighted by atomic mass is 16.3. The van der Waals surface area contributed by atoms with Crippen LogP contribution in [0.2, 0.25) is 0 Å². The smallest absolute Gasteiger partial charge is 0.291 e. The zero-order valence-electron chi connectivity index (χ0n) is 11.1. The third kappa shape index (κ3) is 2.76. The molecule has 104 valence electrons. The Hall–Kier alpha value is -1.89. The molecule has 1 aromatic rings.